The van der Waals surface area contributed by atoms with E-state index in [0.29, 0.717) is 5.78 Å². The Morgan fingerprint density at radius 1 is 1.17 bits per heavy atom. The van der Waals surface area contributed by atoms with Gasteiger partial charge in [0.15, 0.2) is 10.9 Å². The van der Waals surface area contributed by atoms with E-state index in [1.807, 2.05) is 66.8 Å². The number of hydrogen-bond donors (Lipinski definition) is 1. The van der Waals surface area contributed by atoms with Gasteiger partial charge in [-0.05, 0) is 26.0 Å². The smallest absolute Gasteiger partial charge is 0.231 e. The fourth-order valence-corrected chi connectivity index (χ4v) is 3.63. The first-order valence-electron chi connectivity index (χ1n) is 7.72. The Morgan fingerprint density at radius 3 is 2.71 bits per heavy atom. The molecule has 0 bridgehead atoms. The minimum atomic E-state index is -0.236. The topological polar surface area (TPSA) is 63.0 Å². The second-order valence-electron chi connectivity index (χ2n) is 5.76. The summed E-state index contributed by atoms with van der Waals surface area (Å²) in [6, 6.07) is 15.6. The Labute approximate surface area is 143 Å². The van der Waals surface area contributed by atoms with Crippen molar-refractivity contribution in [3.8, 4) is 0 Å². The number of aromatic amines is 1. The second-order valence-corrected chi connectivity index (χ2v) is 7.06. The first-order chi connectivity index (χ1) is 11.6. The van der Waals surface area contributed by atoms with Crippen molar-refractivity contribution < 1.29 is 4.79 Å². The van der Waals surface area contributed by atoms with Gasteiger partial charge in [-0.2, -0.15) is 0 Å². The molecule has 24 heavy (non-hydrogen) atoms. The molecule has 0 fully saturated rings. The molecule has 0 aliphatic rings. The number of fused-ring (bicyclic) bond motifs is 3. The number of ketones is 1. The van der Waals surface area contributed by atoms with Gasteiger partial charge >= 0.3 is 0 Å². The molecule has 0 amide bonds. The highest BCUT2D eigenvalue weighted by molar-refractivity contribution is 8.00. The van der Waals surface area contributed by atoms with Gasteiger partial charge in [-0.25, -0.2) is 10.1 Å². The number of H-pyrrole nitrogens is 1. The Bertz CT molecular complexity index is 1030. The molecule has 2 heterocycles. The minimum absolute atomic E-state index is 0.0978. The number of aryl methyl sites for hydroxylation is 1. The van der Waals surface area contributed by atoms with E-state index in [0.717, 1.165) is 27.3 Å². The van der Waals surface area contributed by atoms with Crippen molar-refractivity contribution in [2.24, 2.45) is 0 Å². The predicted octanol–water partition coefficient (Wildman–Crippen LogP) is 3.88. The van der Waals surface area contributed by atoms with E-state index in [-0.39, 0.29) is 11.0 Å². The monoisotopic (exact) mass is 336 g/mol. The second kappa shape index (κ2) is 5.79. The molecule has 120 valence electrons. The highest BCUT2D eigenvalue weighted by Gasteiger charge is 2.20. The molecule has 0 aliphatic heterocycles. The zero-order chi connectivity index (χ0) is 16.7. The van der Waals surface area contributed by atoms with Crippen molar-refractivity contribution in [2.45, 2.75) is 24.3 Å². The van der Waals surface area contributed by atoms with E-state index in [9.17, 15) is 4.79 Å². The van der Waals surface area contributed by atoms with Crippen molar-refractivity contribution in [1.82, 2.24) is 19.6 Å². The number of thioether (sulfide) groups is 1. The Morgan fingerprint density at radius 2 is 1.92 bits per heavy atom. The van der Waals surface area contributed by atoms with Crippen LogP contribution in [0.1, 0.15) is 22.8 Å². The lowest BCUT2D eigenvalue weighted by Crippen LogP contribution is -2.14. The lowest BCUT2D eigenvalue weighted by molar-refractivity contribution is 0.0994. The van der Waals surface area contributed by atoms with Gasteiger partial charge in [0, 0.05) is 5.56 Å². The molecule has 0 saturated carbocycles. The number of nitrogens with zero attached hydrogens (tertiary/aromatic N) is 3. The van der Waals surface area contributed by atoms with Crippen LogP contribution in [0.3, 0.4) is 0 Å². The molecule has 5 nitrogen and oxygen atoms in total. The van der Waals surface area contributed by atoms with Gasteiger partial charge in [0.25, 0.3) is 0 Å². The van der Waals surface area contributed by atoms with Crippen molar-refractivity contribution in [1.29, 1.82) is 0 Å². The number of hydrogen-bond acceptors (Lipinski definition) is 4. The van der Waals surface area contributed by atoms with Crippen LogP contribution in [-0.2, 0) is 0 Å². The number of nitrogens with one attached hydrogen (secondary N) is 1. The molecule has 0 saturated heterocycles. The van der Waals surface area contributed by atoms with Gasteiger partial charge in [0.2, 0.25) is 5.78 Å². The largest absolute Gasteiger partial charge is 0.293 e. The van der Waals surface area contributed by atoms with Crippen molar-refractivity contribution in [2.75, 3.05) is 0 Å². The van der Waals surface area contributed by atoms with Gasteiger partial charge in [-0.1, -0.05) is 53.7 Å². The average Bonchev–Trinajstić information content (AvgIpc) is 3.14. The summed E-state index contributed by atoms with van der Waals surface area (Å²) in [5.41, 5.74) is 3.76. The minimum Gasteiger partial charge on any atom is -0.293 e. The number of aromatic nitrogens is 4. The van der Waals surface area contributed by atoms with Crippen molar-refractivity contribution in [3.63, 3.8) is 0 Å². The van der Waals surface area contributed by atoms with Crippen LogP contribution in [0.15, 0.2) is 53.7 Å². The first-order valence-corrected chi connectivity index (χ1v) is 8.60. The quantitative estimate of drug-likeness (QED) is 0.454. The number of rotatable bonds is 4. The number of carbonyl (C=O) groups is 1. The summed E-state index contributed by atoms with van der Waals surface area (Å²) in [6.45, 7) is 3.92. The summed E-state index contributed by atoms with van der Waals surface area (Å²) in [4.78, 5) is 17.1. The lowest BCUT2D eigenvalue weighted by Gasteiger charge is -2.09. The standard InChI is InChI=1S/C18H16N4OS/c1-11-7-9-13(10-8-11)16(23)12(2)24-18-21-20-17-19-14-5-3-4-6-15(14)22(17)18/h3-10,12H,1-2H3,(H,19,20). The number of benzene rings is 2. The third kappa shape index (κ3) is 2.49. The first kappa shape index (κ1) is 15.0. The molecule has 0 radical (unpaired) electrons. The van der Waals surface area contributed by atoms with E-state index in [1.165, 1.54) is 11.8 Å². The van der Waals surface area contributed by atoms with Crippen LogP contribution < -0.4 is 0 Å². The highest BCUT2D eigenvalue weighted by Crippen LogP contribution is 2.27. The molecular weight excluding hydrogens is 320 g/mol. The zero-order valence-corrected chi connectivity index (χ0v) is 14.2. The van der Waals surface area contributed by atoms with Gasteiger partial charge in [0.05, 0.1) is 16.3 Å². The number of carbonyl (C=O) groups excluding carboxylic acids is 1. The molecule has 0 spiro atoms. The summed E-state index contributed by atoms with van der Waals surface area (Å²) in [5.74, 6) is 0.786. The van der Waals surface area contributed by atoms with E-state index < -0.39 is 0 Å². The maximum Gasteiger partial charge on any atom is 0.231 e. The van der Waals surface area contributed by atoms with Gasteiger partial charge in [0.1, 0.15) is 0 Å². The third-order valence-corrected chi connectivity index (χ3v) is 5.04. The van der Waals surface area contributed by atoms with Gasteiger partial charge in [-0.3, -0.25) is 9.20 Å². The molecule has 4 rings (SSSR count). The Balaban J connectivity index is 1.66. The van der Waals surface area contributed by atoms with E-state index in [2.05, 4.69) is 15.2 Å². The number of para-hydroxylation sites is 2. The third-order valence-electron chi connectivity index (χ3n) is 3.99. The predicted molar refractivity (Wildman–Crippen MR) is 95.7 cm³/mol. The lowest BCUT2D eigenvalue weighted by atomic mass is 10.1. The van der Waals surface area contributed by atoms with E-state index >= 15 is 0 Å². The molecule has 2 aromatic heterocycles. The highest BCUT2D eigenvalue weighted by atomic mass is 32.2. The molecule has 1 atom stereocenters. The zero-order valence-electron chi connectivity index (χ0n) is 13.4. The number of Topliss-reactive ketones (excluding diaryl/α,β-unsaturated/α-hetero) is 1. The summed E-state index contributed by atoms with van der Waals surface area (Å²) < 4.78 is 1.96. The van der Waals surface area contributed by atoms with Gasteiger partial charge < -0.3 is 0 Å². The van der Waals surface area contributed by atoms with Crippen LogP contribution in [0, 0.1) is 6.92 Å². The van der Waals surface area contributed by atoms with Crippen LogP contribution in [0.4, 0.5) is 0 Å². The maximum atomic E-state index is 12.6. The van der Waals surface area contributed by atoms with Crippen LogP contribution in [-0.4, -0.2) is 30.6 Å². The van der Waals surface area contributed by atoms with Crippen LogP contribution in [0.25, 0.3) is 16.8 Å². The van der Waals surface area contributed by atoms with Crippen LogP contribution in [0.5, 0.6) is 0 Å². The van der Waals surface area contributed by atoms with Crippen LogP contribution >= 0.6 is 11.8 Å². The molecular formula is C18H16N4OS. The van der Waals surface area contributed by atoms with Crippen molar-refractivity contribution >= 4 is 34.4 Å². The molecule has 6 heteroatoms. The fourth-order valence-electron chi connectivity index (χ4n) is 2.69. The Hall–Kier alpha value is -2.60. The molecule has 2 aromatic carbocycles. The molecule has 4 aromatic rings. The maximum absolute atomic E-state index is 12.6. The Kier molecular flexibility index (Phi) is 3.61. The van der Waals surface area contributed by atoms with Crippen LogP contribution in [0.2, 0.25) is 0 Å². The van der Waals surface area contributed by atoms with E-state index in [1.54, 1.807) is 0 Å². The summed E-state index contributed by atoms with van der Waals surface area (Å²) in [5, 5.41) is 7.77. The normalized spacial score (nSPS) is 12.8. The average molecular weight is 336 g/mol. The molecule has 1 unspecified atom stereocenters. The summed E-state index contributed by atoms with van der Waals surface area (Å²) in [6.07, 6.45) is 0. The fraction of sp³-hybridized carbons (Fsp3) is 0.167. The summed E-state index contributed by atoms with van der Waals surface area (Å²) in [7, 11) is 0. The van der Waals surface area contributed by atoms with Crippen molar-refractivity contribution in [3.05, 3.63) is 59.7 Å². The number of imidazole rings is 1. The molecule has 1 N–H and O–H groups in total. The molecule has 0 aliphatic carbocycles. The van der Waals surface area contributed by atoms with Gasteiger partial charge in [-0.15, -0.1) is 5.10 Å². The SMILES string of the molecule is Cc1ccc(C(=O)C(C)Sc2n[nH]c3nc4ccccc4n23)cc1. The summed E-state index contributed by atoms with van der Waals surface area (Å²) >= 11 is 1.44. The van der Waals surface area contributed by atoms with E-state index in [4.69, 9.17) is 0 Å².